The van der Waals surface area contributed by atoms with Crippen molar-refractivity contribution in [3.63, 3.8) is 0 Å². The van der Waals surface area contributed by atoms with Gasteiger partial charge in [0.25, 0.3) is 0 Å². The van der Waals surface area contributed by atoms with Crippen LogP contribution >= 0.6 is 0 Å². The lowest BCUT2D eigenvalue weighted by Gasteiger charge is -2.53. The Bertz CT molecular complexity index is 747. The maximum atomic E-state index is 6.48. The molecular formula is C23H29NO3. The molecule has 0 N–H and O–H groups in total. The Kier molecular flexibility index (Phi) is 5.20. The van der Waals surface area contributed by atoms with Crippen molar-refractivity contribution in [1.29, 1.82) is 0 Å². The van der Waals surface area contributed by atoms with Crippen LogP contribution in [0.15, 0.2) is 42.6 Å². The van der Waals surface area contributed by atoms with Crippen molar-refractivity contribution in [2.45, 2.75) is 51.6 Å². The first-order valence-electron chi connectivity index (χ1n) is 10.1. The summed E-state index contributed by atoms with van der Waals surface area (Å²) in [7, 11) is 0. The van der Waals surface area contributed by atoms with Crippen LogP contribution in [0.1, 0.15) is 50.3 Å². The fraction of sp³-hybridized carbons (Fsp3) is 0.522. The zero-order chi connectivity index (χ0) is 18.7. The predicted molar refractivity (Wildman–Crippen MR) is 105 cm³/mol. The molecule has 0 unspecified atom stereocenters. The number of ether oxygens (including phenoxy) is 3. The van der Waals surface area contributed by atoms with Crippen molar-refractivity contribution in [2.75, 3.05) is 19.8 Å². The summed E-state index contributed by atoms with van der Waals surface area (Å²) in [5.74, 6) is 1.60. The number of hydrogen-bond acceptors (Lipinski definition) is 4. The van der Waals surface area contributed by atoms with Gasteiger partial charge in [0.1, 0.15) is 11.5 Å². The van der Waals surface area contributed by atoms with Crippen LogP contribution in [-0.4, -0.2) is 24.8 Å². The van der Waals surface area contributed by atoms with Crippen molar-refractivity contribution in [1.82, 2.24) is 4.98 Å². The first kappa shape index (κ1) is 18.5. The predicted octanol–water partition coefficient (Wildman–Crippen LogP) is 5.39. The Labute approximate surface area is 161 Å². The zero-order valence-corrected chi connectivity index (χ0v) is 16.4. The van der Waals surface area contributed by atoms with E-state index >= 15 is 0 Å². The Morgan fingerprint density at radius 1 is 1.07 bits per heavy atom. The molecule has 2 aliphatic heterocycles. The van der Waals surface area contributed by atoms with E-state index in [4.69, 9.17) is 14.2 Å². The number of fused-ring (bicyclic) bond motifs is 3. The molecule has 2 aromatic rings. The third-order valence-corrected chi connectivity index (χ3v) is 6.23. The van der Waals surface area contributed by atoms with Gasteiger partial charge in [-0.1, -0.05) is 12.1 Å². The molecule has 3 fully saturated rings. The minimum atomic E-state index is -0.155. The van der Waals surface area contributed by atoms with E-state index in [1.165, 1.54) is 18.4 Å². The monoisotopic (exact) mass is 367 g/mol. The molecule has 0 amide bonds. The van der Waals surface area contributed by atoms with Crippen molar-refractivity contribution in [3.05, 3.63) is 53.9 Å². The highest BCUT2D eigenvalue weighted by Gasteiger charge is 2.50. The van der Waals surface area contributed by atoms with E-state index < -0.39 is 0 Å². The maximum absolute atomic E-state index is 6.48. The Hall–Kier alpha value is -1.91. The summed E-state index contributed by atoms with van der Waals surface area (Å²) in [4.78, 5) is 4.30. The molecule has 1 aliphatic carbocycles. The average molecular weight is 367 g/mol. The van der Waals surface area contributed by atoms with Crippen molar-refractivity contribution in [3.8, 4) is 11.5 Å². The average Bonchev–Trinajstić information content (AvgIpc) is 2.72. The molecule has 2 saturated heterocycles. The molecule has 1 aromatic heterocycles. The van der Waals surface area contributed by atoms with Gasteiger partial charge in [-0.3, -0.25) is 4.98 Å². The van der Waals surface area contributed by atoms with Gasteiger partial charge in [0.05, 0.1) is 18.4 Å². The Morgan fingerprint density at radius 2 is 1.93 bits per heavy atom. The Balaban J connectivity index is 1.46. The van der Waals surface area contributed by atoms with Gasteiger partial charge in [0.2, 0.25) is 0 Å². The van der Waals surface area contributed by atoms with E-state index in [-0.39, 0.29) is 5.60 Å². The van der Waals surface area contributed by atoms with Crippen LogP contribution in [0.2, 0.25) is 0 Å². The van der Waals surface area contributed by atoms with Crippen molar-refractivity contribution >= 4 is 0 Å². The smallest absolute Gasteiger partial charge is 0.145 e. The summed E-state index contributed by atoms with van der Waals surface area (Å²) in [5, 5.41) is 0. The standard InChI is InChI=1S/C23H29NO3/c1-3-25-14-13-22-9-11-23(12-10-22,26-17-22)19-5-4-6-20(15-19)27-21-8-7-18(2)24-16-21/h4-8,15-16H,3,9-14,17H2,1-2H3. The van der Waals surface area contributed by atoms with Gasteiger partial charge in [-0.2, -0.15) is 0 Å². The van der Waals surface area contributed by atoms with Gasteiger partial charge >= 0.3 is 0 Å². The fourth-order valence-electron chi connectivity index (χ4n) is 4.38. The molecule has 3 aliphatic rings. The van der Waals surface area contributed by atoms with E-state index in [1.807, 2.05) is 25.1 Å². The summed E-state index contributed by atoms with van der Waals surface area (Å²) in [5.41, 5.74) is 2.38. The quantitative estimate of drug-likeness (QED) is 0.615. The van der Waals surface area contributed by atoms with E-state index in [2.05, 4.69) is 30.1 Å². The largest absolute Gasteiger partial charge is 0.456 e. The topological polar surface area (TPSA) is 40.6 Å². The highest BCUT2D eigenvalue weighted by atomic mass is 16.5. The van der Waals surface area contributed by atoms with Gasteiger partial charge in [-0.25, -0.2) is 0 Å². The van der Waals surface area contributed by atoms with Crippen LogP contribution < -0.4 is 4.74 Å². The molecule has 1 saturated carbocycles. The summed E-state index contributed by atoms with van der Waals surface area (Å²) >= 11 is 0. The zero-order valence-electron chi connectivity index (χ0n) is 16.4. The first-order valence-corrected chi connectivity index (χ1v) is 10.1. The summed E-state index contributed by atoms with van der Waals surface area (Å²) in [6.07, 6.45) is 7.47. The second-order valence-corrected chi connectivity index (χ2v) is 8.00. The molecule has 0 radical (unpaired) electrons. The number of nitrogens with zero attached hydrogens (tertiary/aromatic N) is 1. The van der Waals surface area contributed by atoms with Gasteiger partial charge < -0.3 is 14.2 Å². The maximum Gasteiger partial charge on any atom is 0.145 e. The molecule has 5 rings (SSSR count). The summed E-state index contributed by atoms with van der Waals surface area (Å²) in [6.45, 7) is 6.52. The molecule has 0 atom stereocenters. The summed E-state index contributed by atoms with van der Waals surface area (Å²) in [6, 6.07) is 12.3. The minimum Gasteiger partial charge on any atom is -0.456 e. The molecule has 3 heterocycles. The lowest BCUT2D eigenvalue weighted by Crippen LogP contribution is -2.49. The fourth-order valence-corrected chi connectivity index (χ4v) is 4.38. The lowest BCUT2D eigenvalue weighted by atomic mass is 9.63. The van der Waals surface area contributed by atoms with Crippen molar-refractivity contribution in [2.24, 2.45) is 5.41 Å². The lowest BCUT2D eigenvalue weighted by molar-refractivity contribution is -0.194. The molecule has 27 heavy (non-hydrogen) atoms. The number of hydrogen-bond donors (Lipinski definition) is 0. The number of aromatic nitrogens is 1. The number of benzene rings is 1. The molecule has 144 valence electrons. The van der Waals surface area contributed by atoms with Crippen LogP contribution in [0.25, 0.3) is 0 Å². The van der Waals surface area contributed by atoms with E-state index in [0.29, 0.717) is 5.41 Å². The van der Waals surface area contributed by atoms with Crippen molar-refractivity contribution < 1.29 is 14.2 Å². The number of pyridine rings is 1. The van der Waals surface area contributed by atoms with E-state index in [1.54, 1.807) is 6.20 Å². The molecule has 2 bridgehead atoms. The molecule has 0 spiro atoms. The normalized spacial score (nSPS) is 26.9. The summed E-state index contributed by atoms with van der Waals surface area (Å²) < 4.78 is 18.1. The second-order valence-electron chi connectivity index (χ2n) is 8.00. The number of rotatable bonds is 7. The van der Waals surface area contributed by atoms with Crippen LogP contribution in [0.4, 0.5) is 0 Å². The van der Waals surface area contributed by atoms with E-state index in [9.17, 15) is 0 Å². The van der Waals surface area contributed by atoms with Crippen LogP contribution in [-0.2, 0) is 15.1 Å². The first-order chi connectivity index (χ1) is 13.1. The molecule has 4 heteroatoms. The minimum absolute atomic E-state index is 0.155. The second kappa shape index (κ2) is 7.61. The third-order valence-electron chi connectivity index (χ3n) is 6.23. The SMILES string of the molecule is CCOCCC12CCC(c3cccc(Oc4ccc(C)nc4)c3)(CC1)OC2. The van der Waals surface area contributed by atoms with Gasteiger partial charge in [-0.05, 0) is 81.2 Å². The van der Waals surface area contributed by atoms with Gasteiger partial charge in [-0.15, -0.1) is 0 Å². The highest BCUT2D eigenvalue weighted by molar-refractivity contribution is 5.36. The van der Waals surface area contributed by atoms with Crippen LogP contribution in [0.5, 0.6) is 11.5 Å². The van der Waals surface area contributed by atoms with Gasteiger partial charge in [0.15, 0.2) is 0 Å². The van der Waals surface area contributed by atoms with E-state index in [0.717, 1.165) is 56.3 Å². The molecule has 4 nitrogen and oxygen atoms in total. The van der Waals surface area contributed by atoms with Gasteiger partial charge in [0, 0.05) is 18.9 Å². The molecular weight excluding hydrogens is 338 g/mol. The molecule has 1 aromatic carbocycles. The third kappa shape index (κ3) is 3.87. The Morgan fingerprint density at radius 3 is 2.59 bits per heavy atom. The van der Waals surface area contributed by atoms with Crippen LogP contribution in [0.3, 0.4) is 0 Å². The van der Waals surface area contributed by atoms with Crippen LogP contribution in [0, 0.1) is 12.3 Å². The highest BCUT2D eigenvalue weighted by Crippen LogP contribution is 2.55. The number of aryl methyl sites for hydroxylation is 1.